The molecule has 0 bridgehead atoms. The maximum absolute atomic E-state index is 13.0. The molecule has 1 aliphatic carbocycles. The molecule has 0 spiro atoms. The SMILES string of the molecule is CCOC(=O)N1CCC(C(=O)Nc2c3c(nn2-c2ccccc2)CCC3)CC1. The summed E-state index contributed by atoms with van der Waals surface area (Å²) in [6.07, 6.45) is 3.98. The second-order valence-corrected chi connectivity index (χ2v) is 7.32. The fourth-order valence-corrected chi connectivity index (χ4v) is 4.03. The number of carbonyl (C=O) groups is 2. The van der Waals surface area contributed by atoms with Crippen molar-refractivity contribution in [2.75, 3.05) is 25.0 Å². The molecule has 1 aliphatic heterocycles. The van der Waals surface area contributed by atoms with Gasteiger partial charge in [0.05, 0.1) is 18.0 Å². The largest absolute Gasteiger partial charge is 0.450 e. The third-order valence-corrected chi connectivity index (χ3v) is 5.54. The van der Waals surface area contributed by atoms with Gasteiger partial charge in [-0.2, -0.15) is 5.10 Å². The lowest BCUT2D eigenvalue weighted by atomic mass is 9.96. The lowest BCUT2D eigenvalue weighted by molar-refractivity contribution is -0.121. The third kappa shape index (κ3) is 3.61. The number of hydrogen-bond acceptors (Lipinski definition) is 4. The zero-order valence-corrected chi connectivity index (χ0v) is 16.2. The van der Waals surface area contributed by atoms with Gasteiger partial charge in [0.15, 0.2) is 0 Å². The number of benzene rings is 1. The van der Waals surface area contributed by atoms with Gasteiger partial charge in [-0.05, 0) is 51.2 Å². The summed E-state index contributed by atoms with van der Waals surface area (Å²) in [6.45, 7) is 3.26. The highest BCUT2D eigenvalue weighted by Gasteiger charge is 2.30. The first-order chi connectivity index (χ1) is 13.7. The molecule has 148 valence electrons. The van der Waals surface area contributed by atoms with E-state index in [1.54, 1.807) is 11.8 Å². The maximum Gasteiger partial charge on any atom is 0.409 e. The van der Waals surface area contributed by atoms with E-state index in [0.717, 1.165) is 42.0 Å². The lowest BCUT2D eigenvalue weighted by Crippen LogP contribution is -2.41. The Bertz CT molecular complexity index is 854. The Morgan fingerprint density at radius 3 is 2.64 bits per heavy atom. The number of amides is 2. The molecule has 0 atom stereocenters. The topological polar surface area (TPSA) is 76.5 Å². The normalized spacial score (nSPS) is 16.7. The first-order valence-electron chi connectivity index (χ1n) is 10.1. The van der Waals surface area contributed by atoms with Crippen molar-refractivity contribution in [2.45, 2.75) is 39.0 Å². The molecular formula is C21H26N4O3. The summed E-state index contributed by atoms with van der Waals surface area (Å²) in [5, 5.41) is 7.90. The molecule has 0 radical (unpaired) electrons. The molecule has 2 aromatic rings. The van der Waals surface area contributed by atoms with Crippen molar-refractivity contribution in [1.29, 1.82) is 0 Å². The zero-order chi connectivity index (χ0) is 19.5. The summed E-state index contributed by atoms with van der Waals surface area (Å²) >= 11 is 0. The van der Waals surface area contributed by atoms with Crippen LogP contribution in [0.5, 0.6) is 0 Å². The molecule has 1 saturated heterocycles. The van der Waals surface area contributed by atoms with Gasteiger partial charge in [0.25, 0.3) is 0 Å². The first kappa shape index (κ1) is 18.5. The zero-order valence-electron chi connectivity index (χ0n) is 16.2. The fourth-order valence-electron chi connectivity index (χ4n) is 4.03. The Balaban J connectivity index is 1.48. The summed E-state index contributed by atoms with van der Waals surface area (Å²) in [7, 11) is 0. The van der Waals surface area contributed by atoms with Crippen LogP contribution < -0.4 is 5.32 Å². The van der Waals surface area contributed by atoms with Crippen LogP contribution in [0.4, 0.5) is 10.6 Å². The predicted octanol–water partition coefficient (Wildman–Crippen LogP) is 3.17. The van der Waals surface area contributed by atoms with Crippen LogP contribution in [-0.2, 0) is 22.4 Å². The van der Waals surface area contributed by atoms with E-state index in [-0.39, 0.29) is 17.9 Å². The van der Waals surface area contributed by atoms with E-state index in [1.807, 2.05) is 35.0 Å². The highest BCUT2D eigenvalue weighted by Crippen LogP contribution is 2.32. The molecule has 4 rings (SSSR count). The fraction of sp³-hybridized carbons (Fsp3) is 0.476. The molecule has 2 amide bonds. The monoisotopic (exact) mass is 382 g/mol. The number of rotatable bonds is 4. The van der Waals surface area contributed by atoms with Gasteiger partial charge in [-0.3, -0.25) is 4.79 Å². The number of fused-ring (bicyclic) bond motifs is 1. The third-order valence-electron chi connectivity index (χ3n) is 5.54. The van der Waals surface area contributed by atoms with E-state index in [0.29, 0.717) is 32.5 Å². The van der Waals surface area contributed by atoms with Gasteiger partial charge in [-0.15, -0.1) is 0 Å². The number of carbonyl (C=O) groups excluding carboxylic acids is 2. The molecule has 1 N–H and O–H groups in total. The van der Waals surface area contributed by atoms with Gasteiger partial charge >= 0.3 is 6.09 Å². The van der Waals surface area contributed by atoms with E-state index in [1.165, 1.54) is 0 Å². The average Bonchev–Trinajstić information content (AvgIpc) is 3.31. The Morgan fingerprint density at radius 2 is 1.93 bits per heavy atom. The summed E-state index contributed by atoms with van der Waals surface area (Å²) in [4.78, 5) is 26.5. The van der Waals surface area contributed by atoms with Crippen LogP contribution in [0.15, 0.2) is 30.3 Å². The van der Waals surface area contributed by atoms with Crippen molar-refractivity contribution in [2.24, 2.45) is 5.92 Å². The van der Waals surface area contributed by atoms with Gasteiger partial charge in [0.1, 0.15) is 5.82 Å². The predicted molar refractivity (Wildman–Crippen MR) is 106 cm³/mol. The number of nitrogens with one attached hydrogen (secondary N) is 1. The molecule has 1 aromatic heterocycles. The Kier molecular flexibility index (Phi) is 5.32. The summed E-state index contributed by atoms with van der Waals surface area (Å²) < 4.78 is 6.91. The van der Waals surface area contributed by atoms with Crippen LogP contribution in [-0.4, -0.2) is 46.4 Å². The van der Waals surface area contributed by atoms with Crippen molar-refractivity contribution in [3.05, 3.63) is 41.6 Å². The summed E-state index contributed by atoms with van der Waals surface area (Å²) in [6, 6.07) is 9.90. The Labute approximate surface area is 164 Å². The first-order valence-corrected chi connectivity index (χ1v) is 10.1. The molecule has 2 aliphatic rings. The van der Waals surface area contributed by atoms with Gasteiger partial charge in [-0.1, -0.05) is 18.2 Å². The van der Waals surface area contributed by atoms with E-state index in [2.05, 4.69) is 5.32 Å². The number of aromatic nitrogens is 2. The summed E-state index contributed by atoms with van der Waals surface area (Å²) in [5.74, 6) is 0.702. The van der Waals surface area contributed by atoms with Gasteiger partial charge in [0, 0.05) is 24.6 Å². The highest BCUT2D eigenvalue weighted by molar-refractivity contribution is 5.93. The Hall–Kier alpha value is -2.83. The van der Waals surface area contributed by atoms with Crippen molar-refractivity contribution in [1.82, 2.24) is 14.7 Å². The van der Waals surface area contributed by atoms with E-state index < -0.39 is 0 Å². The van der Waals surface area contributed by atoms with E-state index >= 15 is 0 Å². The van der Waals surface area contributed by atoms with Gasteiger partial charge in [0.2, 0.25) is 5.91 Å². The molecular weight excluding hydrogens is 356 g/mol. The molecule has 28 heavy (non-hydrogen) atoms. The lowest BCUT2D eigenvalue weighted by Gasteiger charge is -2.30. The standard InChI is InChI=1S/C21H26N4O3/c1-2-28-21(27)24-13-11-15(12-14-24)20(26)22-19-17-9-6-10-18(17)23-25(19)16-7-4-3-5-8-16/h3-5,7-8,15H,2,6,9-14H2,1H3,(H,22,26). The van der Waals surface area contributed by atoms with Crippen molar-refractivity contribution in [3.8, 4) is 5.69 Å². The number of nitrogens with zero attached hydrogens (tertiary/aromatic N) is 3. The van der Waals surface area contributed by atoms with Crippen LogP contribution in [0, 0.1) is 5.92 Å². The second-order valence-electron chi connectivity index (χ2n) is 7.32. The van der Waals surface area contributed by atoms with E-state index in [4.69, 9.17) is 9.84 Å². The van der Waals surface area contributed by atoms with Crippen molar-refractivity contribution < 1.29 is 14.3 Å². The number of hydrogen-bond donors (Lipinski definition) is 1. The van der Waals surface area contributed by atoms with Crippen LogP contribution in [0.25, 0.3) is 5.69 Å². The molecule has 0 saturated carbocycles. The van der Waals surface area contributed by atoms with Crippen LogP contribution in [0.3, 0.4) is 0 Å². The molecule has 1 aromatic carbocycles. The average molecular weight is 382 g/mol. The van der Waals surface area contributed by atoms with Gasteiger partial charge < -0.3 is 15.0 Å². The van der Waals surface area contributed by atoms with E-state index in [9.17, 15) is 9.59 Å². The second kappa shape index (κ2) is 8.04. The van der Waals surface area contributed by atoms with Gasteiger partial charge in [-0.25, -0.2) is 9.48 Å². The minimum Gasteiger partial charge on any atom is -0.450 e. The van der Waals surface area contributed by atoms with Crippen molar-refractivity contribution >= 4 is 17.8 Å². The van der Waals surface area contributed by atoms with Crippen LogP contribution >= 0.6 is 0 Å². The molecule has 7 nitrogen and oxygen atoms in total. The number of anilines is 1. The number of ether oxygens (including phenoxy) is 1. The minimum absolute atomic E-state index is 0.00953. The van der Waals surface area contributed by atoms with Crippen LogP contribution in [0.1, 0.15) is 37.4 Å². The van der Waals surface area contributed by atoms with Crippen molar-refractivity contribution in [3.63, 3.8) is 0 Å². The molecule has 7 heteroatoms. The highest BCUT2D eigenvalue weighted by atomic mass is 16.6. The smallest absolute Gasteiger partial charge is 0.409 e. The quantitative estimate of drug-likeness (QED) is 0.881. The number of likely N-dealkylation sites (tertiary alicyclic amines) is 1. The minimum atomic E-state index is -0.290. The molecule has 1 fully saturated rings. The number of para-hydroxylation sites is 1. The number of piperidine rings is 1. The maximum atomic E-state index is 13.0. The summed E-state index contributed by atoms with van der Waals surface area (Å²) in [5.41, 5.74) is 3.18. The Morgan fingerprint density at radius 1 is 1.18 bits per heavy atom. The molecule has 2 heterocycles. The number of aryl methyl sites for hydroxylation is 1. The van der Waals surface area contributed by atoms with Crippen LogP contribution in [0.2, 0.25) is 0 Å². The molecule has 0 unspecified atom stereocenters.